The van der Waals surface area contributed by atoms with E-state index in [1.807, 2.05) is 0 Å². The van der Waals surface area contributed by atoms with E-state index in [1.54, 1.807) is 0 Å². The highest BCUT2D eigenvalue weighted by Gasteiger charge is 2.15. The SMILES string of the molecule is C[Si](C)(C=Cc1ccc2cc(N(c3ccccc3)c3ccccc3)ccc2c1)C=Cc1ccc2cc(N(c3ccccc3)c3ccccc3)ccc2c1. The molecule has 0 saturated carbocycles. The highest BCUT2D eigenvalue weighted by molar-refractivity contribution is 6.87. The van der Waals surface area contributed by atoms with Crippen LogP contribution < -0.4 is 9.80 Å². The molecule has 3 heteroatoms. The standard InChI is InChI=1S/C50H42N2Si/c1-53(2,33-31-39-23-25-43-37-49(29-27-41(43)35-39)51(45-15-7-3-8-16-45)46-17-9-4-10-18-46)34-32-40-24-26-44-38-50(30-28-42(44)36-40)52(47-19-11-5-12-20-47)48-21-13-6-14-22-48/h3-38H,1-2H3. The van der Waals surface area contributed by atoms with E-state index in [4.69, 9.17) is 0 Å². The lowest BCUT2D eigenvalue weighted by Gasteiger charge is -2.25. The van der Waals surface area contributed by atoms with Gasteiger partial charge in [-0.2, -0.15) is 0 Å². The summed E-state index contributed by atoms with van der Waals surface area (Å²) >= 11 is 0. The molecular weight excluding hydrogens is 657 g/mol. The van der Waals surface area contributed by atoms with Crippen molar-refractivity contribution < 1.29 is 0 Å². The number of benzene rings is 8. The van der Waals surface area contributed by atoms with Crippen molar-refractivity contribution in [1.82, 2.24) is 0 Å². The predicted molar refractivity (Wildman–Crippen MR) is 233 cm³/mol. The van der Waals surface area contributed by atoms with Crippen LogP contribution in [0.1, 0.15) is 11.1 Å². The van der Waals surface area contributed by atoms with E-state index in [1.165, 1.54) is 32.7 Å². The van der Waals surface area contributed by atoms with Gasteiger partial charge in [-0.15, -0.1) is 0 Å². The third-order valence-corrected chi connectivity index (χ3v) is 11.7. The van der Waals surface area contributed by atoms with Crippen LogP contribution in [0.3, 0.4) is 0 Å². The van der Waals surface area contributed by atoms with E-state index >= 15 is 0 Å². The second kappa shape index (κ2) is 15.0. The molecule has 0 aliphatic heterocycles. The van der Waals surface area contributed by atoms with Crippen LogP contribution in [-0.2, 0) is 0 Å². The fourth-order valence-corrected chi connectivity index (χ4v) is 8.22. The summed E-state index contributed by atoms with van der Waals surface area (Å²) in [5.74, 6) is 0. The molecule has 8 aromatic rings. The van der Waals surface area contributed by atoms with Crippen molar-refractivity contribution in [3.8, 4) is 0 Å². The molecule has 256 valence electrons. The van der Waals surface area contributed by atoms with Crippen LogP contribution in [0.4, 0.5) is 34.1 Å². The minimum atomic E-state index is -1.78. The molecule has 0 radical (unpaired) electrons. The summed E-state index contributed by atoms with van der Waals surface area (Å²) in [6.45, 7) is 4.79. The fraction of sp³-hybridized carbons (Fsp3) is 0.0400. The number of fused-ring (bicyclic) bond motifs is 2. The molecule has 0 aliphatic carbocycles. The topological polar surface area (TPSA) is 6.48 Å². The summed E-state index contributed by atoms with van der Waals surface area (Å²) in [5, 5.41) is 4.93. The number of nitrogens with zero attached hydrogens (tertiary/aromatic N) is 2. The van der Waals surface area contributed by atoms with E-state index in [0.29, 0.717) is 0 Å². The maximum Gasteiger partial charge on any atom is 0.0954 e. The van der Waals surface area contributed by atoms with Gasteiger partial charge in [-0.3, -0.25) is 0 Å². The van der Waals surface area contributed by atoms with Gasteiger partial charge in [0.15, 0.2) is 0 Å². The molecule has 0 saturated heterocycles. The number of para-hydroxylation sites is 4. The van der Waals surface area contributed by atoms with E-state index in [0.717, 1.165) is 34.1 Å². The fourth-order valence-electron chi connectivity index (χ4n) is 6.87. The Morgan fingerprint density at radius 3 is 0.962 bits per heavy atom. The number of rotatable bonds is 10. The van der Waals surface area contributed by atoms with Crippen LogP contribution in [0.2, 0.25) is 13.1 Å². The molecule has 8 rings (SSSR count). The van der Waals surface area contributed by atoms with E-state index in [9.17, 15) is 0 Å². The molecule has 53 heavy (non-hydrogen) atoms. The van der Waals surface area contributed by atoms with Crippen LogP contribution in [0, 0.1) is 0 Å². The Kier molecular flexibility index (Phi) is 9.57. The average Bonchev–Trinajstić information content (AvgIpc) is 3.21. The van der Waals surface area contributed by atoms with Crippen LogP contribution >= 0.6 is 0 Å². The Balaban J connectivity index is 0.995. The number of anilines is 6. The molecule has 0 unspecified atom stereocenters. The molecule has 0 N–H and O–H groups in total. The highest BCUT2D eigenvalue weighted by atomic mass is 28.3. The maximum absolute atomic E-state index is 2.43. The highest BCUT2D eigenvalue weighted by Crippen LogP contribution is 2.37. The summed E-state index contributed by atoms with van der Waals surface area (Å²) in [6.07, 6.45) is 4.61. The molecule has 8 aromatic carbocycles. The van der Waals surface area contributed by atoms with Crippen LogP contribution in [0.25, 0.3) is 33.7 Å². The van der Waals surface area contributed by atoms with Gasteiger partial charge in [0.1, 0.15) is 0 Å². The zero-order valence-electron chi connectivity index (χ0n) is 30.2. The van der Waals surface area contributed by atoms with Gasteiger partial charge >= 0.3 is 0 Å². The maximum atomic E-state index is 2.43. The first-order valence-corrected chi connectivity index (χ1v) is 21.4. The monoisotopic (exact) mass is 698 g/mol. The second-order valence-corrected chi connectivity index (χ2v) is 18.4. The lowest BCUT2D eigenvalue weighted by atomic mass is 10.1. The molecule has 0 atom stereocenters. The van der Waals surface area contributed by atoms with Crippen molar-refractivity contribution in [3.63, 3.8) is 0 Å². The van der Waals surface area contributed by atoms with Crippen molar-refractivity contribution in [2.75, 3.05) is 9.80 Å². The smallest absolute Gasteiger partial charge is 0.0954 e. The minimum Gasteiger partial charge on any atom is -0.310 e. The Morgan fingerprint density at radius 2 is 0.623 bits per heavy atom. The Bertz CT molecular complexity index is 2270. The van der Waals surface area contributed by atoms with Crippen molar-refractivity contribution in [2.45, 2.75) is 13.1 Å². The first-order chi connectivity index (χ1) is 26.0. The molecule has 0 bridgehead atoms. The molecule has 0 spiro atoms. The van der Waals surface area contributed by atoms with Gasteiger partial charge < -0.3 is 9.80 Å². The van der Waals surface area contributed by atoms with Crippen molar-refractivity contribution in [2.24, 2.45) is 0 Å². The molecule has 2 nitrogen and oxygen atoms in total. The van der Waals surface area contributed by atoms with E-state index < -0.39 is 8.07 Å². The van der Waals surface area contributed by atoms with Crippen LogP contribution in [-0.4, -0.2) is 8.07 Å². The summed E-state index contributed by atoms with van der Waals surface area (Å²) in [7, 11) is -1.78. The van der Waals surface area contributed by atoms with Crippen LogP contribution in [0.15, 0.2) is 206 Å². The quantitative estimate of drug-likeness (QED) is 0.131. The van der Waals surface area contributed by atoms with Crippen LogP contribution in [0.5, 0.6) is 0 Å². The molecule has 0 amide bonds. The molecular formula is C50H42N2Si. The number of hydrogen-bond donors (Lipinski definition) is 0. The second-order valence-electron chi connectivity index (χ2n) is 14.1. The summed E-state index contributed by atoms with van der Waals surface area (Å²) in [6, 6.07) is 69.3. The van der Waals surface area contributed by atoms with Crippen molar-refractivity contribution in [1.29, 1.82) is 0 Å². The molecule has 0 fully saturated rings. The zero-order chi connectivity index (χ0) is 36.0. The van der Waals surface area contributed by atoms with Gasteiger partial charge in [-0.1, -0.05) is 146 Å². The largest absolute Gasteiger partial charge is 0.310 e. The number of hydrogen-bond acceptors (Lipinski definition) is 2. The van der Waals surface area contributed by atoms with Crippen molar-refractivity contribution >= 4 is 75.9 Å². The summed E-state index contributed by atoms with van der Waals surface area (Å²) < 4.78 is 0. The zero-order valence-corrected chi connectivity index (χ0v) is 31.2. The van der Waals surface area contributed by atoms with Gasteiger partial charge in [0.25, 0.3) is 0 Å². The molecule has 0 heterocycles. The molecule has 0 aromatic heterocycles. The normalized spacial score (nSPS) is 11.8. The van der Waals surface area contributed by atoms with Gasteiger partial charge in [0.2, 0.25) is 0 Å². The lowest BCUT2D eigenvalue weighted by Crippen LogP contribution is -2.18. The Labute approximate surface area is 314 Å². The van der Waals surface area contributed by atoms with E-state index in [2.05, 4.69) is 241 Å². The summed E-state index contributed by atoms with van der Waals surface area (Å²) in [5.41, 5.74) is 14.2. The average molecular weight is 699 g/mol. The van der Waals surface area contributed by atoms with Gasteiger partial charge in [-0.25, -0.2) is 0 Å². The first-order valence-electron chi connectivity index (χ1n) is 18.3. The van der Waals surface area contributed by atoms with Gasteiger partial charge in [0, 0.05) is 34.1 Å². The minimum absolute atomic E-state index is 1.14. The first kappa shape index (κ1) is 33.7. The third kappa shape index (κ3) is 7.76. The molecule has 0 aliphatic rings. The lowest BCUT2D eigenvalue weighted by molar-refractivity contribution is 1.29. The van der Waals surface area contributed by atoms with Gasteiger partial charge in [0.05, 0.1) is 8.07 Å². The van der Waals surface area contributed by atoms with Crippen molar-refractivity contribution in [3.05, 3.63) is 217 Å². The van der Waals surface area contributed by atoms with Gasteiger partial charge in [-0.05, 0) is 118 Å². The summed E-state index contributed by atoms with van der Waals surface area (Å²) in [4.78, 5) is 4.62. The Morgan fingerprint density at radius 1 is 0.321 bits per heavy atom. The third-order valence-electron chi connectivity index (χ3n) is 9.68. The van der Waals surface area contributed by atoms with E-state index in [-0.39, 0.29) is 0 Å². The Hall–Kier alpha value is -6.42. The predicted octanol–water partition coefficient (Wildman–Crippen LogP) is 14.4.